The number of anilines is 1. The summed E-state index contributed by atoms with van der Waals surface area (Å²) in [5.41, 5.74) is 2.44. The van der Waals surface area contributed by atoms with E-state index in [2.05, 4.69) is 31.1 Å². The van der Waals surface area contributed by atoms with E-state index in [1.165, 1.54) is 0 Å². The third-order valence-electron chi connectivity index (χ3n) is 3.44. The molecule has 0 aliphatic carbocycles. The number of aromatic nitrogens is 2. The number of hydrogen-bond acceptors (Lipinski definition) is 5. The number of aryl methyl sites for hydroxylation is 1. The number of methoxy groups -OCH3 is 1. The van der Waals surface area contributed by atoms with E-state index in [9.17, 15) is 0 Å². The molecule has 0 fully saturated rings. The fourth-order valence-electron chi connectivity index (χ4n) is 2.37. The number of nitrogens with one attached hydrogen (secondary N) is 1. The maximum Gasteiger partial charge on any atom is 0.183 e. The lowest BCUT2D eigenvalue weighted by molar-refractivity contribution is 0.415. The smallest absolute Gasteiger partial charge is 0.183 e. The summed E-state index contributed by atoms with van der Waals surface area (Å²) in [7, 11) is 1.60. The van der Waals surface area contributed by atoms with Crippen molar-refractivity contribution in [2.75, 3.05) is 12.4 Å². The van der Waals surface area contributed by atoms with Gasteiger partial charge in [-0.05, 0) is 39.0 Å². The molecule has 0 radical (unpaired) electrons. The highest BCUT2D eigenvalue weighted by Gasteiger charge is 2.14. The van der Waals surface area contributed by atoms with E-state index in [0.717, 1.165) is 32.3 Å². The molecule has 2 aromatic heterocycles. The third kappa shape index (κ3) is 3.12. The van der Waals surface area contributed by atoms with Crippen molar-refractivity contribution in [1.82, 2.24) is 9.97 Å². The molecule has 0 bridgehead atoms. The van der Waals surface area contributed by atoms with Crippen LogP contribution in [0.2, 0.25) is 5.02 Å². The van der Waals surface area contributed by atoms with Crippen molar-refractivity contribution in [3.63, 3.8) is 0 Å². The lowest BCUT2D eigenvalue weighted by Gasteiger charge is -2.07. The number of fused-ring (bicyclic) bond motifs is 1. The first-order valence-corrected chi connectivity index (χ1v) is 8.56. The van der Waals surface area contributed by atoms with Gasteiger partial charge < -0.3 is 10.1 Å². The van der Waals surface area contributed by atoms with Crippen LogP contribution in [0.4, 0.5) is 5.13 Å². The van der Waals surface area contributed by atoms with Crippen LogP contribution in [0.25, 0.3) is 22.3 Å². The van der Waals surface area contributed by atoms with Crippen LogP contribution in [0, 0.1) is 6.92 Å². The first-order chi connectivity index (χ1) is 11.0. The van der Waals surface area contributed by atoms with Gasteiger partial charge >= 0.3 is 0 Å². The number of hydrogen-bond donors (Lipinski definition) is 1. The number of benzene rings is 1. The SMILES string of the molecule is COc1ccc2ccc(-c3nc(NC(C)C)sc3C)nc2c1Cl. The number of nitrogens with zero attached hydrogens (tertiary/aromatic N) is 2. The molecule has 0 saturated heterocycles. The molecular formula is C17H18ClN3OS. The number of thiazole rings is 1. The Bertz CT molecular complexity index is 860. The van der Waals surface area contributed by atoms with Crippen LogP contribution >= 0.6 is 22.9 Å². The molecule has 0 amide bonds. The predicted molar refractivity (Wildman–Crippen MR) is 97.9 cm³/mol. The van der Waals surface area contributed by atoms with Crippen molar-refractivity contribution in [1.29, 1.82) is 0 Å². The average molecular weight is 348 g/mol. The van der Waals surface area contributed by atoms with Gasteiger partial charge in [0, 0.05) is 16.3 Å². The highest BCUT2D eigenvalue weighted by atomic mass is 35.5. The normalized spacial score (nSPS) is 11.2. The number of rotatable bonds is 4. The fourth-order valence-corrected chi connectivity index (χ4v) is 3.63. The zero-order chi connectivity index (χ0) is 16.6. The monoisotopic (exact) mass is 347 g/mol. The number of pyridine rings is 1. The average Bonchev–Trinajstić information content (AvgIpc) is 2.87. The molecule has 0 saturated carbocycles. The molecule has 0 spiro atoms. The molecule has 3 aromatic rings. The maximum atomic E-state index is 6.40. The van der Waals surface area contributed by atoms with Gasteiger partial charge in [-0.2, -0.15) is 0 Å². The Hall–Kier alpha value is -1.85. The van der Waals surface area contributed by atoms with Gasteiger partial charge in [0.1, 0.15) is 16.5 Å². The van der Waals surface area contributed by atoms with E-state index in [0.29, 0.717) is 16.8 Å². The van der Waals surface area contributed by atoms with E-state index >= 15 is 0 Å². The summed E-state index contributed by atoms with van der Waals surface area (Å²) in [6.45, 7) is 6.24. The van der Waals surface area contributed by atoms with Crippen LogP contribution < -0.4 is 10.1 Å². The van der Waals surface area contributed by atoms with Crippen molar-refractivity contribution in [3.05, 3.63) is 34.2 Å². The van der Waals surface area contributed by atoms with Gasteiger partial charge in [-0.25, -0.2) is 9.97 Å². The lowest BCUT2D eigenvalue weighted by atomic mass is 10.1. The van der Waals surface area contributed by atoms with E-state index in [4.69, 9.17) is 21.3 Å². The first-order valence-electron chi connectivity index (χ1n) is 7.37. The number of halogens is 1. The molecule has 23 heavy (non-hydrogen) atoms. The number of ether oxygens (including phenoxy) is 1. The van der Waals surface area contributed by atoms with E-state index in [1.807, 2.05) is 24.3 Å². The molecule has 1 aromatic carbocycles. The molecule has 0 unspecified atom stereocenters. The van der Waals surface area contributed by atoms with E-state index in [-0.39, 0.29) is 0 Å². The molecule has 3 rings (SSSR count). The quantitative estimate of drug-likeness (QED) is 0.709. The van der Waals surface area contributed by atoms with E-state index in [1.54, 1.807) is 18.4 Å². The zero-order valence-electron chi connectivity index (χ0n) is 13.5. The van der Waals surface area contributed by atoms with E-state index < -0.39 is 0 Å². The minimum absolute atomic E-state index is 0.344. The third-order valence-corrected chi connectivity index (χ3v) is 4.70. The van der Waals surface area contributed by atoms with Gasteiger partial charge in [0.2, 0.25) is 0 Å². The second-order valence-corrected chi connectivity index (χ2v) is 7.15. The van der Waals surface area contributed by atoms with Crippen LogP contribution in [-0.4, -0.2) is 23.1 Å². The van der Waals surface area contributed by atoms with Crippen molar-refractivity contribution < 1.29 is 4.74 Å². The molecule has 0 aliphatic heterocycles. The van der Waals surface area contributed by atoms with Gasteiger partial charge in [-0.1, -0.05) is 17.7 Å². The first kappa shape index (κ1) is 16.0. The highest BCUT2D eigenvalue weighted by molar-refractivity contribution is 7.16. The zero-order valence-corrected chi connectivity index (χ0v) is 15.0. The molecule has 2 heterocycles. The fraction of sp³-hybridized carbons (Fsp3) is 0.294. The maximum absolute atomic E-state index is 6.40. The van der Waals surface area contributed by atoms with Gasteiger partial charge in [-0.3, -0.25) is 0 Å². The lowest BCUT2D eigenvalue weighted by Crippen LogP contribution is -2.09. The Labute approximate surface area is 144 Å². The Morgan fingerprint density at radius 1 is 1.17 bits per heavy atom. The summed E-state index contributed by atoms with van der Waals surface area (Å²) in [4.78, 5) is 10.5. The minimum atomic E-state index is 0.344. The van der Waals surface area contributed by atoms with Crippen LogP contribution in [0.5, 0.6) is 5.75 Å². The summed E-state index contributed by atoms with van der Waals surface area (Å²) >= 11 is 8.03. The second-order valence-electron chi connectivity index (χ2n) is 5.57. The van der Waals surface area contributed by atoms with Gasteiger partial charge in [0.25, 0.3) is 0 Å². The Morgan fingerprint density at radius 3 is 2.61 bits per heavy atom. The summed E-state index contributed by atoms with van der Waals surface area (Å²) in [5, 5.41) is 5.75. The minimum Gasteiger partial charge on any atom is -0.495 e. The van der Waals surface area contributed by atoms with Crippen LogP contribution in [0.15, 0.2) is 24.3 Å². The molecule has 0 atom stereocenters. The molecule has 6 heteroatoms. The topological polar surface area (TPSA) is 47.0 Å². The summed E-state index contributed by atoms with van der Waals surface area (Å²) in [5.74, 6) is 0.626. The van der Waals surface area contributed by atoms with Gasteiger partial charge in [0.05, 0.1) is 18.3 Å². The summed E-state index contributed by atoms with van der Waals surface area (Å²) in [6, 6.07) is 8.14. The van der Waals surface area contributed by atoms with Crippen LogP contribution in [0.3, 0.4) is 0 Å². The Kier molecular flexibility index (Phi) is 4.41. The van der Waals surface area contributed by atoms with Crippen molar-refractivity contribution in [3.8, 4) is 17.1 Å². The second kappa shape index (κ2) is 6.34. The van der Waals surface area contributed by atoms with Crippen molar-refractivity contribution in [2.45, 2.75) is 26.8 Å². The van der Waals surface area contributed by atoms with Gasteiger partial charge in [-0.15, -0.1) is 11.3 Å². The van der Waals surface area contributed by atoms with Gasteiger partial charge in [0.15, 0.2) is 5.13 Å². The predicted octanol–water partition coefficient (Wildman–Crippen LogP) is 5.15. The standard InChI is InChI=1S/C17H18ClN3OS/c1-9(2)19-17-21-15(10(3)23-17)12-7-5-11-6-8-13(22-4)14(18)16(11)20-12/h5-9H,1-4H3,(H,19,21). The molecular weight excluding hydrogens is 330 g/mol. The Balaban J connectivity index is 2.10. The van der Waals surface area contributed by atoms with Crippen LogP contribution in [0.1, 0.15) is 18.7 Å². The molecule has 0 aliphatic rings. The van der Waals surface area contributed by atoms with Crippen molar-refractivity contribution in [2.24, 2.45) is 0 Å². The summed E-state index contributed by atoms with van der Waals surface area (Å²) < 4.78 is 5.27. The van der Waals surface area contributed by atoms with Crippen LogP contribution in [-0.2, 0) is 0 Å². The largest absolute Gasteiger partial charge is 0.495 e. The highest BCUT2D eigenvalue weighted by Crippen LogP contribution is 2.35. The van der Waals surface area contributed by atoms with Crippen molar-refractivity contribution >= 4 is 39.0 Å². The molecule has 120 valence electrons. The summed E-state index contributed by atoms with van der Waals surface area (Å²) in [6.07, 6.45) is 0. The Morgan fingerprint density at radius 2 is 1.91 bits per heavy atom. The molecule has 4 nitrogen and oxygen atoms in total. The molecule has 1 N–H and O–H groups in total.